The maximum absolute atomic E-state index is 9.85. The van der Waals surface area contributed by atoms with E-state index in [-0.39, 0.29) is 0 Å². The molecule has 1 aromatic heterocycles. The lowest BCUT2D eigenvalue weighted by Crippen LogP contribution is -2.16. The SMILES string of the molecule is OC1CCCn2nc(C3CCSCC3)nc21. The third-order valence-corrected chi connectivity index (χ3v) is 4.50. The van der Waals surface area contributed by atoms with Crippen molar-refractivity contribution >= 4 is 11.8 Å². The van der Waals surface area contributed by atoms with Crippen LogP contribution in [0.2, 0.25) is 0 Å². The van der Waals surface area contributed by atoms with Gasteiger partial charge in [0.1, 0.15) is 6.10 Å². The Morgan fingerprint density at radius 3 is 2.81 bits per heavy atom. The monoisotopic (exact) mass is 239 g/mol. The first-order chi connectivity index (χ1) is 7.84. The summed E-state index contributed by atoms with van der Waals surface area (Å²) in [6, 6.07) is 0. The molecule has 0 aliphatic carbocycles. The summed E-state index contributed by atoms with van der Waals surface area (Å²) < 4.78 is 1.91. The largest absolute Gasteiger partial charge is 0.385 e. The molecule has 3 rings (SSSR count). The smallest absolute Gasteiger partial charge is 0.156 e. The van der Waals surface area contributed by atoms with Crippen LogP contribution in [0.5, 0.6) is 0 Å². The van der Waals surface area contributed by atoms with Crippen molar-refractivity contribution in [3.8, 4) is 0 Å². The second-order valence-electron chi connectivity index (χ2n) is 4.60. The molecule has 1 fully saturated rings. The van der Waals surface area contributed by atoms with E-state index in [0.717, 1.165) is 31.0 Å². The molecule has 0 radical (unpaired) electrons. The fraction of sp³-hybridized carbons (Fsp3) is 0.818. The minimum Gasteiger partial charge on any atom is -0.385 e. The van der Waals surface area contributed by atoms with E-state index < -0.39 is 6.10 Å². The van der Waals surface area contributed by atoms with Gasteiger partial charge in [0.2, 0.25) is 0 Å². The van der Waals surface area contributed by atoms with Crippen molar-refractivity contribution in [1.82, 2.24) is 14.8 Å². The molecule has 88 valence electrons. The van der Waals surface area contributed by atoms with Gasteiger partial charge in [-0.3, -0.25) is 0 Å². The van der Waals surface area contributed by atoms with Gasteiger partial charge in [-0.25, -0.2) is 9.67 Å². The Balaban J connectivity index is 1.85. The lowest BCUT2D eigenvalue weighted by Gasteiger charge is -2.17. The molecule has 5 heteroatoms. The number of aliphatic hydroxyl groups excluding tert-OH is 1. The predicted molar refractivity (Wildman–Crippen MR) is 63.5 cm³/mol. The van der Waals surface area contributed by atoms with Gasteiger partial charge >= 0.3 is 0 Å². The average Bonchev–Trinajstić information content (AvgIpc) is 2.76. The minimum atomic E-state index is -0.395. The topological polar surface area (TPSA) is 50.9 Å². The zero-order valence-electron chi connectivity index (χ0n) is 9.30. The zero-order chi connectivity index (χ0) is 11.0. The number of hydrogen-bond donors (Lipinski definition) is 1. The van der Waals surface area contributed by atoms with E-state index in [2.05, 4.69) is 10.1 Å². The summed E-state index contributed by atoms with van der Waals surface area (Å²) in [6.45, 7) is 0.918. The van der Waals surface area contributed by atoms with Gasteiger partial charge in [0, 0.05) is 12.5 Å². The summed E-state index contributed by atoms with van der Waals surface area (Å²) in [6.07, 6.45) is 3.82. The molecule has 0 aromatic carbocycles. The highest BCUT2D eigenvalue weighted by Gasteiger charge is 2.26. The third kappa shape index (κ3) is 1.86. The van der Waals surface area contributed by atoms with Crippen molar-refractivity contribution in [3.05, 3.63) is 11.6 Å². The average molecular weight is 239 g/mol. The van der Waals surface area contributed by atoms with Gasteiger partial charge < -0.3 is 5.11 Å². The van der Waals surface area contributed by atoms with E-state index in [1.54, 1.807) is 0 Å². The van der Waals surface area contributed by atoms with Crippen LogP contribution in [0, 0.1) is 0 Å². The zero-order valence-corrected chi connectivity index (χ0v) is 10.1. The van der Waals surface area contributed by atoms with Gasteiger partial charge in [0.15, 0.2) is 11.6 Å². The summed E-state index contributed by atoms with van der Waals surface area (Å²) >= 11 is 2.02. The first-order valence-electron chi connectivity index (χ1n) is 6.05. The normalized spacial score (nSPS) is 26.7. The molecule has 1 atom stereocenters. The molecule has 2 aliphatic rings. The number of aromatic nitrogens is 3. The second-order valence-corrected chi connectivity index (χ2v) is 5.82. The first kappa shape index (κ1) is 10.6. The highest BCUT2D eigenvalue weighted by molar-refractivity contribution is 7.99. The standard InChI is InChI=1S/C11H17N3OS/c15-9-2-1-5-14-11(9)12-10(13-14)8-3-6-16-7-4-8/h8-9,15H,1-7H2. The van der Waals surface area contributed by atoms with Gasteiger partial charge in [0.05, 0.1) is 0 Å². The van der Waals surface area contributed by atoms with Gasteiger partial charge in [-0.2, -0.15) is 16.9 Å². The summed E-state index contributed by atoms with van der Waals surface area (Å²) in [5.74, 6) is 4.72. The van der Waals surface area contributed by atoms with E-state index in [1.807, 2.05) is 16.4 Å². The maximum Gasteiger partial charge on any atom is 0.156 e. The van der Waals surface area contributed by atoms with Crippen molar-refractivity contribution in [2.45, 2.75) is 44.2 Å². The van der Waals surface area contributed by atoms with Crippen LogP contribution >= 0.6 is 11.8 Å². The van der Waals surface area contributed by atoms with E-state index in [1.165, 1.54) is 24.3 Å². The molecule has 2 aliphatic heterocycles. The number of rotatable bonds is 1. The summed E-state index contributed by atoms with van der Waals surface area (Å²) in [5, 5.41) is 14.4. The fourth-order valence-corrected chi connectivity index (χ4v) is 3.58. The van der Waals surface area contributed by atoms with Gasteiger partial charge in [-0.05, 0) is 37.2 Å². The lowest BCUT2D eigenvalue weighted by molar-refractivity contribution is 0.130. The Labute approximate surface area is 99.4 Å². The highest BCUT2D eigenvalue weighted by Crippen LogP contribution is 2.31. The molecule has 0 bridgehead atoms. The fourth-order valence-electron chi connectivity index (χ4n) is 2.48. The van der Waals surface area contributed by atoms with Crippen molar-refractivity contribution in [1.29, 1.82) is 0 Å². The van der Waals surface area contributed by atoms with Crippen LogP contribution in [-0.4, -0.2) is 31.4 Å². The predicted octanol–water partition coefficient (Wildman–Crippen LogP) is 1.72. The Morgan fingerprint density at radius 1 is 1.25 bits per heavy atom. The van der Waals surface area contributed by atoms with Crippen LogP contribution in [0.4, 0.5) is 0 Å². The summed E-state index contributed by atoms with van der Waals surface area (Å²) in [4.78, 5) is 4.55. The molecule has 1 unspecified atom stereocenters. The first-order valence-corrected chi connectivity index (χ1v) is 7.20. The Hall–Kier alpha value is -0.550. The maximum atomic E-state index is 9.85. The molecule has 4 nitrogen and oxygen atoms in total. The van der Waals surface area contributed by atoms with Gasteiger partial charge in [-0.1, -0.05) is 0 Å². The number of aliphatic hydroxyl groups is 1. The Kier molecular flexibility index (Phi) is 2.90. The summed E-state index contributed by atoms with van der Waals surface area (Å²) in [5.41, 5.74) is 0. The van der Waals surface area contributed by atoms with Crippen molar-refractivity contribution in [2.75, 3.05) is 11.5 Å². The molecular weight excluding hydrogens is 222 g/mol. The molecule has 0 spiro atoms. The van der Waals surface area contributed by atoms with Crippen molar-refractivity contribution < 1.29 is 5.11 Å². The van der Waals surface area contributed by atoms with E-state index in [9.17, 15) is 5.11 Å². The van der Waals surface area contributed by atoms with Crippen LogP contribution in [0.15, 0.2) is 0 Å². The molecule has 16 heavy (non-hydrogen) atoms. The molecule has 1 N–H and O–H groups in total. The van der Waals surface area contributed by atoms with E-state index in [4.69, 9.17) is 0 Å². The van der Waals surface area contributed by atoms with Crippen molar-refractivity contribution in [3.63, 3.8) is 0 Å². The van der Waals surface area contributed by atoms with Crippen LogP contribution in [0.25, 0.3) is 0 Å². The molecular formula is C11H17N3OS. The molecule has 1 aromatic rings. The quantitative estimate of drug-likeness (QED) is 0.810. The van der Waals surface area contributed by atoms with Crippen LogP contribution in [0.3, 0.4) is 0 Å². The number of aryl methyl sites for hydroxylation is 1. The summed E-state index contributed by atoms with van der Waals surface area (Å²) in [7, 11) is 0. The van der Waals surface area contributed by atoms with Crippen LogP contribution in [-0.2, 0) is 6.54 Å². The number of hydrogen-bond acceptors (Lipinski definition) is 4. The number of thioether (sulfide) groups is 1. The van der Waals surface area contributed by atoms with E-state index >= 15 is 0 Å². The molecule has 0 saturated carbocycles. The van der Waals surface area contributed by atoms with Crippen molar-refractivity contribution in [2.24, 2.45) is 0 Å². The van der Waals surface area contributed by atoms with Gasteiger partial charge in [-0.15, -0.1) is 0 Å². The Bertz CT molecular complexity index is 373. The minimum absolute atomic E-state index is 0.395. The highest BCUT2D eigenvalue weighted by atomic mass is 32.2. The number of nitrogens with zero attached hydrogens (tertiary/aromatic N) is 3. The molecule has 0 amide bonds. The third-order valence-electron chi connectivity index (χ3n) is 3.45. The van der Waals surface area contributed by atoms with Gasteiger partial charge in [0.25, 0.3) is 0 Å². The van der Waals surface area contributed by atoms with Crippen LogP contribution < -0.4 is 0 Å². The van der Waals surface area contributed by atoms with Crippen LogP contribution in [0.1, 0.15) is 49.4 Å². The lowest BCUT2D eigenvalue weighted by atomic mass is 10.0. The molecule has 1 saturated heterocycles. The Morgan fingerprint density at radius 2 is 2.06 bits per heavy atom. The molecule has 3 heterocycles. The number of fused-ring (bicyclic) bond motifs is 1. The van der Waals surface area contributed by atoms with E-state index in [0.29, 0.717) is 5.92 Å². The second kappa shape index (κ2) is 4.37.